The van der Waals surface area contributed by atoms with Crippen molar-refractivity contribution in [3.63, 3.8) is 0 Å². The van der Waals surface area contributed by atoms with Gasteiger partial charge in [-0.15, -0.1) is 0 Å². The Hall–Kier alpha value is -1.65. The lowest BCUT2D eigenvalue weighted by atomic mass is 9.71. The van der Waals surface area contributed by atoms with Crippen LogP contribution in [-0.4, -0.2) is 36.1 Å². The molecule has 0 aliphatic heterocycles. The van der Waals surface area contributed by atoms with E-state index in [-0.39, 0.29) is 22.9 Å². The van der Waals surface area contributed by atoms with Crippen LogP contribution in [0.25, 0.3) is 0 Å². The minimum atomic E-state index is -0.814. The van der Waals surface area contributed by atoms with Crippen LogP contribution in [0.4, 0.5) is 0 Å². The predicted octanol–water partition coefficient (Wildman–Crippen LogP) is 1.12. The van der Waals surface area contributed by atoms with Crippen LogP contribution in [0.15, 0.2) is 60.7 Å². The summed E-state index contributed by atoms with van der Waals surface area (Å²) in [6.07, 6.45) is 0.684. The number of quaternary nitrogens is 1. The number of hydrogen-bond acceptors (Lipinski definition) is 1. The molecule has 0 fully saturated rings. The number of nitrogens with zero attached hydrogens (tertiary/aromatic N) is 1. The summed E-state index contributed by atoms with van der Waals surface area (Å²) in [6.45, 7) is 9.87. The molecule has 27 heavy (non-hydrogen) atoms. The number of amides is 1. The maximum absolute atomic E-state index is 12.9. The molecule has 3 nitrogen and oxygen atoms in total. The van der Waals surface area contributed by atoms with Crippen molar-refractivity contribution in [2.24, 2.45) is 5.73 Å². The fraction of sp³-hybridized carbons (Fsp3) is 0.435. The fourth-order valence-corrected chi connectivity index (χ4v) is 3.83. The highest BCUT2D eigenvalue weighted by Crippen LogP contribution is 2.37. The summed E-state index contributed by atoms with van der Waals surface area (Å²) in [6, 6.07) is 20.9. The lowest BCUT2D eigenvalue weighted by Crippen LogP contribution is -3.00. The minimum Gasteiger partial charge on any atom is -1.00 e. The van der Waals surface area contributed by atoms with Gasteiger partial charge in [0.1, 0.15) is 5.41 Å². The zero-order chi connectivity index (χ0) is 19.4. The Morgan fingerprint density at radius 1 is 0.889 bits per heavy atom. The quantitative estimate of drug-likeness (QED) is 0.623. The summed E-state index contributed by atoms with van der Waals surface area (Å²) in [5.74, 6) is -0.283. The topological polar surface area (TPSA) is 43.1 Å². The fourth-order valence-electron chi connectivity index (χ4n) is 3.83. The highest BCUT2D eigenvalue weighted by molar-refractivity contribution is 5.90. The Morgan fingerprint density at radius 2 is 1.26 bits per heavy atom. The number of rotatable bonds is 8. The van der Waals surface area contributed by atoms with Crippen LogP contribution in [0, 0.1) is 0 Å². The molecule has 0 unspecified atom stereocenters. The lowest BCUT2D eigenvalue weighted by molar-refractivity contribution is -0.949. The summed E-state index contributed by atoms with van der Waals surface area (Å²) >= 11 is 0. The lowest BCUT2D eigenvalue weighted by Gasteiger charge is -2.45. The van der Waals surface area contributed by atoms with Crippen LogP contribution in [0.5, 0.6) is 0 Å². The van der Waals surface area contributed by atoms with Gasteiger partial charge in [-0.3, -0.25) is 4.79 Å². The highest BCUT2D eigenvalue weighted by atomic mass is 79.9. The van der Waals surface area contributed by atoms with Crippen LogP contribution in [0.1, 0.15) is 45.2 Å². The maximum atomic E-state index is 12.9. The maximum Gasteiger partial charge on any atom is 0.232 e. The largest absolute Gasteiger partial charge is 1.00 e. The SMILES string of the molecule is CC(C)[N+](C)(CCC(C(N)=O)(c1ccccc1)c1ccccc1)C(C)C.[Br-]. The molecule has 0 atom stereocenters. The van der Waals surface area contributed by atoms with E-state index in [1.807, 2.05) is 60.7 Å². The number of halogens is 1. The Balaban J connectivity index is 0.00000364. The van der Waals surface area contributed by atoms with Crippen molar-refractivity contribution in [3.8, 4) is 0 Å². The number of nitrogens with two attached hydrogens (primary N) is 1. The second-order valence-electron chi connectivity index (χ2n) is 8.01. The van der Waals surface area contributed by atoms with Gasteiger partial charge < -0.3 is 27.2 Å². The number of hydrogen-bond donors (Lipinski definition) is 1. The third kappa shape index (κ3) is 4.61. The third-order valence-corrected chi connectivity index (χ3v) is 6.28. The van der Waals surface area contributed by atoms with Crippen LogP contribution in [0.3, 0.4) is 0 Å². The van der Waals surface area contributed by atoms with E-state index in [1.54, 1.807) is 0 Å². The van der Waals surface area contributed by atoms with Gasteiger partial charge in [0, 0.05) is 6.42 Å². The van der Waals surface area contributed by atoms with Crippen molar-refractivity contribution in [3.05, 3.63) is 71.8 Å². The third-order valence-electron chi connectivity index (χ3n) is 6.28. The van der Waals surface area contributed by atoms with E-state index in [0.717, 1.165) is 22.2 Å². The van der Waals surface area contributed by atoms with Gasteiger partial charge >= 0.3 is 0 Å². The van der Waals surface area contributed by atoms with E-state index < -0.39 is 5.41 Å². The first kappa shape index (κ1) is 23.4. The van der Waals surface area contributed by atoms with E-state index in [9.17, 15) is 4.79 Å². The van der Waals surface area contributed by atoms with Gasteiger partial charge in [0.2, 0.25) is 5.91 Å². The van der Waals surface area contributed by atoms with Crippen molar-refractivity contribution in [2.75, 3.05) is 13.6 Å². The van der Waals surface area contributed by atoms with Crippen LogP contribution >= 0.6 is 0 Å². The van der Waals surface area contributed by atoms with Crippen molar-refractivity contribution in [2.45, 2.75) is 51.6 Å². The van der Waals surface area contributed by atoms with Crippen LogP contribution < -0.4 is 22.7 Å². The second-order valence-corrected chi connectivity index (χ2v) is 8.01. The highest BCUT2D eigenvalue weighted by Gasteiger charge is 2.43. The molecule has 0 radical (unpaired) electrons. The first-order valence-corrected chi connectivity index (χ1v) is 9.51. The molecule has 1 amide bonds. The van der Waals surface area contributed by atoms with Gasteiger partial charge in [-0.05, 0) is 38.8 Å². The molecular weight excluding hydrogens is 400 g/mol. The summed E-state index contributed by atoms with van der Waals surface area (Å²) in [5, 5.41) is 0. The molecule has 0 spiro atoms. The summed E-state index contributed by atoms with van der Waals surface area (Å²) in [7, 11) is 2.27. The van der Waals surface area contributed by atoms with Crippen molar-refractivity contribution in [1.29, 1.82) is 0 Å². The van der Waals surface area contributed by atoms with Gasteiger partial charge in [-0.1, -0.05) is 60.7 Å². The molecule has 0 aliphatic carbocycles. The zero-order valence-corrected chi connectivity index (χ0v) is 18.7. The summed E-state index contributed by atoms with van der Waals surface area (Å²) in [4.78, 5) is 12.9. The van der Waals surface area contributed by atoms with Crippen molar-refractivity contribution < 1.29 is 26.3 Å². The standard InChI is InChI=1S/C23H32N2O.BrH/c1-18(2)25(5,19(3)4)17-16-23(22(24)26,20-12-8-6-9-13-20)21-14-10-7-11-15-21;/h6-15,18-19H,16-17H2,1-5H3,(H-,24,26);1H. The summed E-state index contributed by atoms with van der Waals surface area (Å²) < 4.78 is 0.898. The van der Waals surface area contributed by atoms with Gasteiger partial charge in [-0.25, -0.2) is 0 Å². The Labute approximate surface area is 174 Å². The molecule has 2 aromatic carbocycles. The number of benzene rings is 2. The Bertz CT molecular complexity index is 666. The van der Waals surface area contributed by atoms with Crippen molar-refractivity contribution in [1.82, 2.24) is 0 Å². The monoisotopic (exact) mass is 432 g/mol. The number of carbonyl (C=O) groups is 1. The number of carbonyl (C=O) groups excluding carboxylic acids is 1. The van der Waals surface area contributed by atoms with Crippen LogP contribution in [-0.2, 0) is 10.2 Å². The average Bonchev–Trinajstić information content (AvgIpc) is 2.63. The molecule has 0 aromatic heterocycles. The molecule has 0 saturated carbocycles. The Kier molecular flexibility index (Phi) is 8.24. The smallest absolute Gasteiger partial charge is 0.232 e. The van der Waals surface area contributed by atoms with Gasteiger partial charge in [0.05, 0.1) is 25.7 Å². The van der Waals surface area contributed by atoms with Crippen LogP contribution in [0.2, 0.25) is 0 Å². The summed E-state index contributed by atoms with van der Waals surface area (Å²) in [5.41, 5.74) is 7.20. The molecule has 2 rings (SSSR count). The number of primary amides is 1. The van der Waals surface area contributed by atoms with E-state index in [1.165, 1.54) is 0 Å². The molecule has 2 N–H and O–H groups in total. The molecule has 4 heteroatoms. The van der Waals surface area contributed by atoms with Crippen molar-refractivity contribution >= 4 is 5.91 Å². The molecular formula is C23H33BrN2O. The van der Waals surface area contributed by atoms with Gasteiger partial charge in [0.15, 0.2) is 0 Å². The predicted molar refractivity (Wildman–Crippen MR) is 109 cm³/mol. The molecule has 148 valence electrons. The normalized spacial score (nSPS) is 12.1. The van der Waals surface area contributed by atoms with E-state index in [0.29, 0.717) is 18.5 Å². The molecule has 0 bridgehead atoms. The molecule has 0 heterocycles. The minimum absolute atomic E-state index is 0. The first-order chi connectivity index (χ1) is 12.2. The van der Waals surface area contributed by atoms with E-state index >= 15 is 0 Å². The van der Waals surface area contributed by atoms with E-state index in [2.05, 4.69) is 34.7 Å². The van der Waals surface area contributed by atoms with Gasteiger partial charge in [-0.2, -0.15) is 0 Å². The second kappa shape index (κ2) is 9.52. The zero-order valence-electron chi connectivity index (χ0n) is 17.2. The molecule has 0 aliphatic rings. The molecule has 0 saturated heterocycles. The molecule has 2 aromatic rings. The van der Waals surface area contributed by atoms with E-state index in [4.69, 9.17) is 5.73 Å². The van der Waals surface area contributed by atoms with Gasteiger partial charge in [0.25, 0.3) is 0 Å². The first-order valence-electron chi connectivity index (χ1n) is 9.51. The average molecular weight is 433 g/mol. The Morgan fingerprint density at radius 3 is 1.56 bits per heavy atom.